The monoisotopic (exact) mass is 754 g/mol. The van der Waals surface area contributed by atoms with E-state index >= 15 is 0 Å². The highest BCUT2D eigenvalue weighted by atomic mass is 15.1. The molecule has 9 aromatic carbocycles. The van der Waals surface area contributed by atoms with E-state index in [1.54, 1.807) is 0 Å². The summed E-state index contributed by atoms with van der Waals surface area (Å²) in [6.07, 6.45) is 0. The van der Waals surface area contributed by atoms with E-state index in [9.17, 15) is 0 Å². The molecule has 2 nitrogen and oxygen atoms in total. The fourth-order valence-corrected chi connectivity index (χ4v) is 8.30. The Bertz CT molecular complexity index is 2970. The molecule has 1 aromatic heterocycles. The van der Waals surface area contributed by atoms with Crippen LogP contribution in [0.1, 0.15) is 12.5 Å². The highest BCUT2D eigenvalue weighted by Crippen LogP contribution is 2.39. The molecule has 0 saturated heterocycles. The first-order chi connectivity index (χ1) is 29.1. The summed E-state index contributed by atoms with van der Waals surface area (Å²) in [6, 6.07) is 81.0. The number of nitrogens with zero attached hydrogens (tertiary/aromatic N) is 2. The van der Waals surface area contributed by atoms with Crippen molar-refractivity contribution in [2.24, 2.45) is 0 Å². The van der Waals surface area contributed by atoms with Crippen LogP contribution in [0.2, 0.25) is 0 Å². The van der Waals surface area contributed by atoms with Gasteiger partial charge < -0.3 is 9.47 Å². The molecule has 0 aliphatic carbocycles. The fraction of sp³-hybridized carbons (Fsp3) is 0.0175. The maximum Gasteiger partial charge on any atom is 0.0541 e. The maximum absolute atomic E-state index is 4.12. The number of hydrogen-bond acceptors (Lipinski definition) is 1. The molecule has 0 atom stereocenters. The summed E-state index contributed by atoms with van der Waals surface area (Å²) in [6.45, 7) is 6.17. The van der Waals surface area contributed by atoms with Crippen molar-refractivity contribution in [2.75, 3.05) is 4.90 Å². The van der Waals surface area contributed by atoms with E-state index in [4.69, 9.17) is 0 Å². The third kappa shape index (κ3) is 6.92. The Kier molecular flexibility index (Phi) is 9.29. The van der Waals surface area contributed by atoms with Gasteiger partial charge in [-0.05, 0) is 124 Å². The molecule has 0 aliphatic rings. The van der Waals surface area contributed by atoms with Crippen LogP contribution in [0.4, 0.5) is 17.1 Å². The smallest absolute Gasteiger partial charge is 0.0541 e. The molecule has 0 N–H and O–H groups in total. The molecule has 0 fully saturated rings. The van der Waals surface area contributed by atoms with E-state index in [-0.39, 0.29) is 0 Å². The largest absolute Gasteiger partial charge is 0.311 e. The Morgan fingerprint density at radius 3 is 1.20 bits per heavy atom. The summed E-state index contributed by atoms with van der Waals surface area (Å²) >= 11 is 0. The van der Waals surface area contributed by atoms with Gasteiger partial charge in [0.2, 0.25) is 0 Å². The Labute approximate surface area is 346 Å². The second kappa shape index (κ2) is 15.3. The normalized spacial score (nSPS) is 11.2. The highest BCUT2D eigenvalue weighted by molar-refractivity contribution is 6.10. The van der Waals surface area contributed by atoms with E-state index in [0.717, 1.165) is 33.9 Å². The van der Waals surface area contributed by atoms with Gasteiger partial charge in [-0.3, -0.25) is 0 Å². The summed E-state index contributed by atoms with van der Waals surface area (Å²) in [5, 5.41) is 2.49. The zero-order valence-electron chi connectivity index (χ0n) is 33.0. The lowest BCUT2D eigenvalue weighted by Crippen LogP contribution is -2.09. The lowest BCUT2D eigenvalue weighted by molar-refractivity contribution is 1.18. The van der Waals surface area contributed by atoms with Crippen molar-refractivity contribution in [1.29, 1.82) is 0 Å². The van der Waals surface area contributed by atoms with Gasteiger partial charge in [0, 0.05) is 33.5 Å². The van der Waals surface area contributed by atoms with Gasteiger partial charge in [-0.25, -0.2) is 0 Å². The third-order valence-corrected chi connectivity index (χ3v) is 11.4. The highest BCUT2D eigenvalue weighted by Gasteiger charge is 2.16. The minimum absolute atomic E-state index is 1.07. The molecule has 0 aliphatic heterocycles. The van der Waals surface area contributed by atoms with Crippen molar-refractivity contribution in [3.8, 4) is 50.2 Å². The molecule has 59 heavy (non-hydrogen) atoms. The van der Waals surface area contributed by atoms with Gasteiger partial charge in [0.25, 0.3) is 0 Å². The zero-order valence-corrected chi connectivity index (χ0v) is 33.0. The van der Waals surface area contributed by atoms with Crippen molar-refractivity contribution < 1.29 is 0 Å². The van der Waals surface area contributed by atoms with E-state index in [1.807, 2.05) is 6.92 Å². The number of allylic oxidation sites excluding steroid dienone is 1. The van der Waals surface area contributed by atoms with Gasteiger partial charge >= 0.3 is 0 Å². The fourth-order valence-electron chi connectivity index (χ4n) is 8.30. The van der Waals surface area contributed by atoms with Gasteiger partial charge in [-0.2, -0.15) is 0 Å². The van der Waals surface area contributed by atoms with E-state index < -0.39 is 0 Å². The van der Waals surface area contributed by atoms with Crippen LogP contribution < -0.4 is 4.90 Å². The van der Waals surface area contributed by atoms with Crippen LogP contribution in [0.3, 0.4) is 0 Å². The number of aromatic nitrogens is 1. The molecule has 10 rings (SSSR count). The van der Waals surface area contributed by atoms with Crippen LogP contribution in [0.5, 0.6) is 0 Å². The van der Waals surface area contributed by atoms with Crippen molar-refractivity contribution in [1.82, 2.24) is 4.57 Å². The number of fused-ring (bicyclic) bond motifs is 3. The Morgan fingerprint density at radius 1 is 0.356 bits per heavy atom. The van der Waals surface area contributed by atoms with Crippen molar-refractivity contribution in [3.63, 3.8) is 0 Å². The quantitative estimate of drug-likeness (QED) is 0.142. The van der Waals surface area contributed by atoms with Crippen LogP contribution in [0.25, 0.3) is 77.6 Å². The van der Waals surface area contributed by atoms with Gasteiger partial charge in [-0.1, -0.05) is 170 Å². The standard InChI is InChI=1S/C57H42N2/c1-40(2)41-21-30-53(31-22-41)59-56-16-10-9-15-54(56)55-39-49(29-38-57(55)59)48-19-17-44(18-20-48)47-27-36-52(37-28-47)58(50-32-23-45(24-33-50)42-11-5-3-6-12-42)51-34-25-46(26-35-51)43-13-7-4-8-14-43/h3-39H,1H2,2H3. The third-order valence-electron chi connectivity index (χ3n) is 11.4. The molecule has 0 radical (unpaired) electrons. The predicted octanol–water partition coefficient (Wildman–Crippen LogP) is 16.0. The van der Waals surface area contributed by atoms with Crippen molar-refractivity contribution in [2.45, 2.75) is 6.92 Å². The maximum atomic E-state index is 4.12. The number of anilines is 3. The number of benzene rings is 9. The topological polar surface area (TPSA) is 8.17 Å². The summed E-state index contributed by atoms with van der Waals surface area (Å²) in [4.78, 5) is 2.33. The van der Waals surface area contributed by atoms with E-state index in [2.05, 4.69) is 241 Å². The zero-order chi connectivity index (χ0) is 39.7. The molecule has 280 valence electrons. The molecular weight excluding hydrogens is 713 g/mol. The molecule has 2 heteroatoms. The van der Waals surface area contributed by atoms with Crippen LogP contribution in [-0.4, -0.2) is 4.57 Å². The average molecular weight is 755 g/mol. The lowest BCUT2D eigenvalue weighted by atomic mass is 9.98. The molecule has 0 bridgehead atoms. The predicted molar refractivity (Wildman–Crippen MR) is 252 cm³/mol. The summed E-state index contributed by atoms with van der Waals surface area (Å²) < 4.78 is 2.37. The van der Waals surface area contributed by atoms with Crippen molar-refractivity contribution in [3.05, 3.63) is 237 Å². The second-order valence-electron chi connectivity index (χ2n) is 15.2. The summed E-state index contributed by atoms with van der Waals surface area (Å²) in [7, 11) is 0. The average Bonchev–Trinajstić information content (AvgIpc) is 3.64. The molecule has 10 aromatic rings. The van der Waals surface area contributed by atoms with Gasteiger partial charge in [0.15, 0.2) is 0 Å². The number of hydrogen-bond donors (Lipinski definition) is 0. The summed E-state index contributed by atoms with van der Waals surface area (Å²) in [5.74, 6) is 0. The minimum Gasteiger partial charge on any atom is -0.311 e. The van der Waals surface area contributed by atoms with Crippen LogP contribution in [0.15, 0.2) is 231 Å². The number of para-hydroxylation sites is 1. The van der Waals surface area contributed by atoms with Gasteiger partial charge in [0.05, 0.1) is 11.0 Å². The van der Waals surface area contributed by atoms with E-state index in [1.165, 1.54) is 66.3 Å². The first kappa shape index (κ1) is 35.7. The van der Waals surface area contributed by atoms with Gasteiger partial charge in [0.1, 0.15) is 0 Å². The van der Waals surface area contributed by atoms with E-state index in [0.29, 0.717) is 0 Å². The minimum atomic E-state index is 1.07. The Balaban J connectivity index is 0.951. The SMILES string of the molecule is C=C(C)c1ccc(-n2c3ccccc3c3cc(-c4ccc(-c5ccc(N(c6ccc(-c7ccccc7)cc6)c6ccc(-c7ccccc7)cc6)cc5)cc4)ccc32)cc1. The Hall–Kier alpha value is -7.68. The molecule has 0 amide bonds. The van der Waals surface area contributed by atoms with Crippen LogP contribution >= 0.6 is 0 Å². The molecule has 1 heterocycles. The molecule has 0 spiro atoms. The first-order valence-electron chi connectivity index (χ1n) is 20.2. The summed E-state index contributed by atoms with van der Waals surface area (Å²) in [5.41, 5.74) is 18.7. The van der Waals surface area contributed by atoms with Crippen LogP contribution in [0, 0.1) is 0 Å². The van der Waals surface area contributed by atoms with Gasteiger partial charge in [-0.15, -0.1) is 0 Å². The first-order valence-corrected chi connectivity index (χ1v) is 20.2. The van der Waals surface area contributed by atoms with Crippen LogP contribution in [-0.2, 0) is 0 Å². The lowest BCUT2D eigenvalue weighted by Gasteiger charge is -2.26. The molecular formula is C57H42N2. The Morgan fingerprint density at radius 2 is 0.729 bits per heavy atom. The second-order valence-corrected chi connectivity index (χ2v) is 15.2. The molecule has 0 saturated carbocycles. The number of rotatable bonds is 9. The van der Waals surface area contributed by atoms with Crippen molar-refractivity contribution >= 4 is 44.4 Å². The molecule has 0 unspecified atom stereocenters.